The van der Waals surface area contributed by atoms with Crippen LogP contribution < -0.4 is 5.32 Å². The van der Waals surface area contributed by atoms with Gasteiger partial charge in [-0.25, -0.2) is 0 Å². The summed E-state index contributed by atoms with van der Waals surface area (Å²) >= 11 is 0. The van der Waals surface area contributed by atoms with Crippen LogP contribution in [-0.4, -0.2) is 12.6 Å². The van der Waals surface area contributed by atoms with Crippen molar-refractivity contribution in [1.82, 2.24) is 5.32 Å². The lowest BCUT2D eigenvalue weighted by atomic mass is 10.0. The van der Waals surface area contributed by atoms with Gasteiger partial charge in [-0.15, -0.1) is 0 Å². The molecule has 80 valence electrons. The van der Waals surface area contributed by atoms with Crippen molar-refractivity contribution in [3.05, 3.63) is 23.8 Å². The van der Waals surface area contributed by atoms with Crippen molar-refractivity contribution in [2.75, 3.05) is 7.05 Å². The zero-order valence-corrected chi connectivity index (χ0v) is 9.93. The highest BCUT2D eigenvalue weighted by Crippen LogP contribution is 2.42. The third-order valence-electron chi connectivity index (χ3n) is 2.87. The lowest BCUT2D eigenvalue weighted by Crippen LogP contribution is -2.28. The molecule has 1 N–H and O–H groups in total. The Bertz CT molecular complexity index is 232. The van der Waals surface area contributed by atoms with E-state index in [1.165, 1.54) is 18.4 Å². The van der Waals surface area contributed by atoms with Gasteiger partial charge in [0.15, 0.2) is 0 Å². The Kier molecular flexibility index (Phi) is 3.94. The van der Waals surface area contributed by atoms with Gasteiger partial charge in [-0.1, -0.05) is 39.0 Å². The molecule has 0 aromatic heterocycles. The summed E-state index contributed by atoms with van der Waals surface area (Å²) in [5, 5.41) is 3.44. The highest BCUT2D eigenvalue weighted by Gasteiger charge is 2.43. The zero-order chi connectivity index (χ0) is 10.6. The molecule has 0 spiro atoms. The van der Waals surface area contributed by atoms with Gasteiger partial charge >= 0.3 is 0 Å². The lowest BCUT2D eigenvalue weighted by molar-refractivity contribution is 0.642. The smallest absolute Gasteiger partial charge is 0.0430 e. The minimum Gasteiger partial charge on any atom is -0.310 e. The molecule has 1 heteroatoms. The fourth-order valence-electron chi connectivity index (χ4n) is 1.75. The minimum absolute atomic E-state index is 0.321. The third-order valence-corrected chi connectivity index (χ3v) is 2.87. The van der Waals surface area contributed by atoms with Crippen LogP contribution in [0.3, 0.4) is 0 Å². The van der Waals surface area contributed by atoms with Crippen molar-refractivity contribution in [3.8, 4) is 0 Å². The SMILES string of the molecule is CC/C=C(\C=C/C(C)C)C1(NC)CC1. The topological polar surface area (TPSA) is 12.0 Å². The summed E-state index contributed by atoms with van der Waals surface area (Å²) in [5.41, 5.74) is 1.80. The summed E-state index contributed by atoms with van der Waals surface area (Å²) in [6.07, 6.45) is 10.6. The first-order valence-electron chi connectivity index (χ1n) is 5.72. The van der Waals surface area contributed by atoms with Crippen molar-refractivity contribution in [1.29, 1.82) is 0 Å². The Morgan fingerprint density at radius 3 is 2.43 bits per heavy atom. The van der Waals surface area contributed by atoms with E-state index in [0.29, 0.717) is 11.5 Å². The van der Waals surface area contributed by atoms with Crippen molar-refractivity contribution in [3.63, 3.8) is 0 Å². The van der Waals surface area contributed by atoms with Crippen LogP contribution >= 0.6 is 0 Å². The molecule has 0 aromatic carbocycles. The standard InChI is InChI=1S/C13H23N/c1-5-6-12(8-7-11(2)3)13(14-4)9-10-13/h6-8,11,14H,5,9-10H2,1-4H3/b8-7-,12-6+. The molecule has 0 aliphatic heterocycles. The van der Waals surface area contributed by atoms with Gasteiger partial charge in [0.25, 0.3) is 0 Å². The summed E-state index contributed by atoms with van der Waals surface area (Å²) in [6.45, 7) is 6.65. The fraction of sp³-hybridized carbons (Fsp3) is 0.692. The zero-order valence-electron chi connectivity index (χ0n) is 9.93. The Balaban J connectivity index is 2.71. The van der Waals surface area contributed by atoms with E-state index in [9.17, 15) is 0 Å². The van der Waals surface area contributed by atoms with E-state index in [1.807, 2.05) is 0 Å². The van der Waals surface area contributed by atoms with Crippen molar-refractivity contribution in [2.24, 2.45) is 5.92 Å². The van der Waals surface area contributed by atoms with Gasteiger partial charge in [0.1, 0.15) is 0 Å². The van der Waals surface area contributed by atoms with E-state index in [4.69, 9.17) is 0 Å². The first-order valence-corrected chi connectivity index (χ1v) is 5.72. The molecule has 1 aliphatic rings. The Hall–Kier alpha value is -0.560. The molecular formula is C13H23N. The molecule has 0 aromatic rings. The molecule has 0 bridgehead atoms. The molecule has 1 saturated carbocycles. The number of nitrogens with one attached hydrogen (secondary N) is 1. The average Bonchev–Trinajstić information content (AvgIpc) is 2.92. The maximum atomic E-state index is 3.44. The van der Waals surface area contributed by atoms with Crippen LogP contribution in [0.4, 0.5) is 0 Å². The summed E-state index contributed by atoms with van der Waals surface area (Å²) in [7, 11) is 2.07. The molecule has 0 atom stereocenters. The first kappa shape index (κ1) is 11.5. The van der Waals surface area contributed by atoms with E-state index in [0.717, 1.165) is 6.42 Å². The maximum Gasteiger partial charge on any atom is 0.0430 e. The fourth-order valence-corrected chi connectivity index (χ4v) is 1.75. The molecule has 0 saturated heterocycles. The van der Waals surface area contributed by atoms with Gasteiger partial charge < -0.3 is 5.32 Å². The van der Waals surface area contributed by atoms with Crippen LogP contribution in [0.2, 0.25) is 0 Å². The van der Waals surface area contributed by atoms with Gasteiger partial charge in [0.05, 0.1) is 0 Å². The van der Waals surface area contributed by atoms with Crippen LogP contribution in [0.25, 0.3) is 0 Å². The Morgan fingerprint density at radius 1 is 1.43 bits per heavy atom. The number of allylic oxidation sites excluding steroid dienone is 2. The Labute approximate surface area is 88.3 Å². The predicted octanol–water partition coefficient (Wildman–Crippen LogP) is 3.29. The molecule has 0 amide bonds. The molecule has 0 unspecified atom stereocenters. The number of likely N-dealkylation sites (N-methyl/N-ethyl adjacent to an activating group) is 1. The highest BCUT2D eigenvalue weighted by atomic mass is 15.0. The second-order valence-corrected chi connectivity index (χ2v) is 4.50. The molecule has 1 rings (SSSR count). The van der Waals surface area contributed by atoms with Crippen molar-refractivity contribution >= 4 is 0 Å². The third kappa shape index (κ3) is 2.71. The second kappa shape index (κ2) is 4.79. The van der Waals surface area contributed by atoms with Crippen LogP contribution in [-0.2, 0) is 0 Å². The minimum atomic E-state index is 0.321. The predicted molar refractivity (Wildman–Crippen MR) is 63.4 cm³/mol. The average molecular weight is 193 g/mol. The molecule has 1 aliphatic carbocycles. The monoisotopic (exact) mass is 193 g/mol. The molecule has 1 nitrogen and oxygen atoms in total. The van der Waals surface area contributed by atoms with Crippen LogP contribution in [0.5, 0.6) is 0 Å². The summed E-state index contributed by atoms with van der Waals surface area (Å²) < 4.78 is 0. The highest BCUT2D eigenvalue weighted by molar-refractivity contribution is 5.37. The van der Waals surface area contributed by atoms with Crippen LogP contribution in [0.1, 0.15) is 40.0 Å². The van der Waals surface area contributed by atoms with Crippen molar-refractivity contribution in [2.45, 2.75) is 45.6 Å². The van der Waals surface area contributed by atoms with Crippen molar-refractivity contribution < 1.29 is 0 Å². The number of hydrogen-bond donors (Lipinski definition) is 1. The van der Waals surface area contributed by atoms with E-state index >= 15 is 0 Å². The van der Waals surface area contributed by atoms with E-state index in [1.54, 1.807) is 0 Å². The van der Waals surface area contributed by atoms with Crippen LogP contribution in [0.15, 0.2) is 23.8 Å². The van der Waals surface area contributed by atoms with Gasteiger partial charge in [-0.3, -0.25) is 0 Å². The second-order valence-electron chi connectivity index (χ2n) is 4.50. The lowest BCUT2D eigenvalue weighted by Gasteiger charge is -2.16. The molecule has 0 heterocycles. The summed E-state index contributed by atoms with van der Waals surface area (Å²) in [4.78, 5) is 0. The molecular weight excluding hydrogens is 170 g/mol. The maximum absolute atomic E-state index is 3.44. The van der Waals surface area contributed by atoms with Gasteiger partial charge in [0, 0.05) is 5.54 Å². The normalized spacial score (nSPS) is 20.8. The van der Waals surface area contributed by atoms with E-state index < -0.39 is 0 Å². The molecule has 14 heavy (non-hydrogen) atoms. The molecule has 0 radical (unpaired) electrons. The number of hydrogen-bond acceptors (Lipinski definition) is 1. The Morgan fingerprint density at radius 2 is 2.07 bits per heavy atom. The number of rotatable bonds is 5. The summed E-state index contributed by atoms with van der Waals surface area (Å²) in [5.74, 6) is 0.642. The first-order chi connectivity index (χ1) is 6.64. The van der Waals surface area contributed by atoms with Gasteiger partial charge in [0.2, 0.25) is 0 Å². The molecule has 1 fully saturated rings. The van der Waals surface area contributed by atoms with Crippen LogP contribution in [0, 0.1) is 5.92 Å². The van der Waals surface area contributed by atoms with E-state index in [-0.39, 0.29) is 0 Å². The largest absolute Gasteiger partial charge is 0.310 e. The van der Waals surface area contributed by atoms with Gasteiger partial charge in [-0.05, 0) is 37.8 Å². The van der Waals surface area contributed by atoms with Gasteiger partial charge in [-0.2, -0.15) is 0 Å². The summed E-state index contributed by atoms with van der Waals surface area (Å²) in [6, 6.07) is 0. The van der Waals surface area contributed by atoms with E-state index in [2.05, 4.69) is 51.4 Å². The quantitative estimate of drug-likeness (QED) is 0.661.